The Morgan fingerprint density at radius 3 is 2.40 bits per heavy atom. The molecule has 0 saturated heterocycles. The average Bonchev–Trinajstić information content (AvgIpc) is 2.67. The lowest BCUT2D eigenvalue weighted by atomic mass is 9.84. The van der Waals surface area contributed by atoms with Crippen LogP contribution < -0.4 is 4.74 Å². The van der Waals surface area contributed by atoms with Crippen molar-refractivity contribution in [2.75, 3.05) is 0 Å². The van der Waals surface area contributed by atoms with Crippen LogP contribution in [0.15, 0.2) is 53.0 Å². The number of aromatic nitrogens is 1. The number of carbonyl (C=O) groups is 1. The van der Waals surface area contributed by atoms with Gasteiger partial charge in [-0.05, 0) is 42.2 Å². The van der Waals surface area contributed by atoms with Crippen molar-refractivity contribution in [2.45, 2.75) is 26.9 Å². The molecule has 2 aromatic rings. The van der Waals surface area contributed by atoms with Gasteiger partial charge < -0.3 is 9.47 Å². The molecule has 3 atom stereocenters. The Hall–Kier alpha value is -2.55. The number of hydrogen-bond acceptors (Lipinski definition) is 4. The first-order valence-corrected chi connectivity index (χ1v) is 10.1. The van der Waals surface area contributed by atoms with Crippen LogP contribution in [0, 0.1) is 35.9 Å². The summed E-state index contributed by atoms with van der Waals surface area (Å²) < 4.78 is 24.3. The van der Waals surface area contributed by atoms with Gasteiger partial charge in [0, 0.05) is 6.07 Å². The summed E-state index contributed by atoms with van der Waals surface area (Å²) in [7, 11) is 0. The first-order chi connectivity index (χ1) is 14.2. The smallest absolute Gasteiger partial charge is 0.311 e. The minimum Gasteiger partial charge on any atom is -0.442 e. The zero-order valence-electron chi connectivity index (χ0n) is 16.8. The van der Waals surface area contributed by atoms with Crippen LogP contribution in [0.1, 0.15) is 32.6 Å². The Balaban J connectivity index is 2.18. The predicted molar refractivity (Wildman–Crippen MR) is 116 cm³/mol. The maximum absolute atomic E-state index is 13.1. The average molecular weight is 450 g/mol. The molecule has 158 valence electrons. The van der Waals surface area contributed by atoms with Gasteiger partial charge in [0.05, 0.1) is 11.6 Å². The van der Waals surface area contributed by atoms with Gasteiger partial charge in [-0.15, -0.1) is 6.42 Å². The molecule has 1 heterocycles. The molecule has 4 nitrogen and oxygen atoms in total. The second kappa shape index (κ2) is 11.0. The Labute approximate surface area is 186 Å². The molecule has 0 spiro atoms. The highest BCUT2D eigenvalue weighted by Crippen LogP contribution is 2.29. The number of allylic oxidation sites excluding steroid dienone is 1. The van der Waals surface area contributed by atoms with Crippen molar-refractivity contribution in [3.63, 3.8) is 0 Å². The number of esters is 1. The maximum Gasteiger partial charge on any atom is 0.311 e. The second-order valence-corrected chi connectivity index (χ2v) is 8.03. The molecule has 0 aliphatic rings. The first-order valence-electron chi connectivity index (χ1n) is 9.31. The Bertz CT molecular complexity index is 934. The molecular formula is C23H22Cl2FNO3. The van der Waals surface area contributed by atoms with Gasteiger partial charge in [-0.25, -0.2) is 9.37 Å². The molecule has 0 amide bonds. The molecule has 1 aromatic heterocycles. The zero-order chi connectivity index (χ0) is 22.3. The monoisotopic (exact) mass is 449 g/mol. The molecular weight excluding hydrogens is 428 g/mol. The molecule has 1 aromatic carbocycles. The van der Waals surface area contributed by atoms with Crippen molar-refractivity contribution in [1.82, 2.24) is 4.98 Å². The van der Waals surface area contributed by atoms with Crippen LogP contribution in [0.2, 0.25) is 0 Å². The highest BCUT2D eigenvalue weighted by molar-refractivity contribution is 6.55. The quantitative estimate of drug-likeness (QED) is 0.342. The lowest BCUT2D eigenvalue weighted by Gasteiger charge is -2.25. The van der Waals surface area contributed by atoms with Crippen molar-refractivity contribution >= 4 is 29.2 Å². The summed E-state index contributed by atoms with van der Waals surface area (Å²) in [5, 5.41) is 0. The third kappa shape index (κ3) is 6.76. The summed E-state index contributed by atoms with van der Waals surface area (Å²) in [6, 6.07) is 10.4. The lowest BCUT2D eigenvalue weighted by Crippen LogP contribution is -2.29. The van der Waals surface area contributed by atoms with E-state index in [2.05, 4.69) is 10.9 Å². The summed E-state index contributed by atoms with van der Waals surface area (Å²) in [4.78, 5) is 17.2. The fourth-order valence-corrected chi connectivity index (χ4v) is 3.43. The first kappa shape index (κ1) is 23.7. The summed E-state index contributed by atoms with van der Waals surface area (Å²) in [6.45, 7) is 5.63. The van der Waals surface area contributed by atoms with E-state index in [4.69, 9.17) is 39.1 Å². The zero-order valence-corrected chi connectivity index (χ0v) is 18.3. The summed E-state index contributed by atoms with van der Waals surface area (Å²) in [5.41, 5.74) is 0.339. The number of nitrogens with zero attached hydrogens (tertiary/aromatic N) is 1. The van der Waals surface area contributed by atoms with Gasteiger partial charge in [-0.3, -0.25) is 4.79 Å². The number of rotatable bonds is 8. The van der Waals surface area contributed by atoms with E-state index in [1.807, 2.05) is 20.8 Å². The molecule has 0 N–H and O–H groups in total. The van der Waals surface area contributed by atoms with Crippen molar-refractivity contribution in [1.29, 1.82) is 0 Å². The molecule has 0 aliphatic carbocycles. The van der Waals surface area contributed by atoms with Gasteiger partial charge in [0.15, 0.2) is 0 Å². The Kier molecular flexibility index (Phi) is 8.71. The van der Waals surface area contributed by atoms with E-state index in [1.54, 1.807) is 24.3 Å². The highest BCUT2D eigenvalue weighted by Gasteiger charge is 2.31. The summed E-state index contributed by atoms with van der Waals surface area (Å²) >= 11 is 11.5. The van der Waals surface area contributed by atoms with Crippen LogP contribution in [0.25, 0.3) is 0 Å². The van der Waals surface area contributed by atoms with Crippen LogP contribution in [-0.4, -0.2) is 11.0 Å². The number of ether oxygens (including phenoxy) is 2. The van der Waals surface area contributed by atoms with Gasteiger partial charge in [-0.1, -0.05) is 62.0 Å². The van der Waals surface area contributed by atoms with E-state index in [-0.39, 0.29) is 28.0 Å². The normalized spacial score (nSPS) is 13.7. The van der Waals surface area contributed by atoms with Crippen molar-refractivity contribution in [2.24, 2.45) is 17.8 Å². The molecule has 0 bridgehead atoms. The molecule has 0 radical (unpaired) electrons. The van der Waals surface area contributed by atoms with E-state index >= 15 is 0 Å². The van der Waals surface area contributed by atoms with E-state index in [0.29, 0.717) is 11.4 Å². The van der Waals surface area contributed by atoms with Gasteiger partial charge in [0.2, 0.25) is 12.0 Å². The molecule has 0 fully saturated rings. The van der Waals surface area contributed by atoms with Crippen molar-refractivity contribution in [3.8, 4) is 24.0 Å². The molecule has 2 rings (SSSR count). The minimum absolute atomic E-state index is 0.0315. The number of benzene rings is 1. The number of hydrogen-bond donors (Lipinski definition) is 0. The van der Waals surface area contributed by atoms with Gasteiger partial charge in [0.1, 0.15) is 16.1 Å². The highest BCUT2D eigenvalue weighted by atomic mass is 35.5. The van der Waals surface area contributed by atoms with Crippen LogP contribution >= 0.6 is 23.2 Å². The molecule has 0 saturated carbocycles. The number of terminal acetylenes is 1. The van der Waals surface area contributed by atoms with E-state index in [1.165, 1.54) is 24.3 Å². The third-order valence-electron chi connectivity index (χ3n) is 4.38. The van der Waals surface area contributed by atoms with Crippen LogP contribution in [0.5, 0.6) is 11.6 Å². The molecule has 0 aliphatic heterocycles. The van der Waals surface area contributed by atoms with Gasteiger partial charge in [0.25, 0.3) is 0 Å². The number of halogens is 3. The van der Waals surface area contributed by atoms with E-state index in [0.717, 1.165) is 0 Å². The summed E-state index contributed by atoms with van der Waals surface area (Å²) in [5.74, 6) is 1.47. The largest absolute Gasteiger partial charge is 0.442 e. The SMILES string of the molecule is C#CC(OC(=O)C(C(C)C)C(C)C=C(Cl)Cl)c1cccc(Oc2ccc(F)cc2)n1. The maximum atomic E-state index is 13.1. The van der Waals surface area contributed by atoms with Crippen LogP contribution in [0.3, 0.4) is 0 Å². The van der Waals surface area contributed by atoms with Crippen LogP contribution in [-0.2, 0) is 9.53 Å². The van der Waals surface area contributed by atoms with Crippen molar-refractivity contribution < 1.29 is 18.7 Å². The van der Waals surface area contributed by atoms with E-state index in [9.17, 15) is 9.18 Å². The van der Waals surface area contributed by atoms with E-state index < -0.39 is 18.0 Å². The standard InChI is InChI=1S/C23H22Cl2FNO3/c1-5-19(30-23(28)22(14(2)3)15(4)13-20(24)25)18-7-6-8-21(27-18)29-17-11-9-16(26)10-12-17/h1,6-15,19,22H,2-4H3. The molecule has 7 heteroatoms. The summed E-state index contributed by atoms with van der Waals surface area (Å²) in [6.07, 6.45) is 6.19. The molecule has 30 heavy (non-hydrogen) atoms. The minimum atomic E-state index is -1.00. The number of carbonyl (C=O) groups excluding carboxylic acids is 1. The van der Waals surface area contributed by atoms with Gasteiger partial charge >= 0.3 is 5.97 Å². The Morgan fingerprint density at radius 2 is 1.83 bits per heavy atom. The van der Waals surface area contributed by atoms with Crippen LogP contribution in [0.4, 0.5) is 4.39 Å². The van der Waals surface area contributed by atoms with Gasteiger partial charge in [-0.2, -0.15) is 0 Å². The predicted octanol–water partition coefficient (Wildman–Crippen LogP) is 6.46. The lowest BCUT2D eigenvalue weighted by molar-refractivity contribution is -0.155. The number of pyridine rings is 1. The fourth-order valence-electron chi connectivity index (χ4n) is 3.03. The topological polar surface area (TPSA) is 48.4 Å². The fraction of sp³-hybridized carbons (Fsp3) is 0.304. The third-order valence-corrected chi connectivity index (χ3v) is 4.63. The molecule has 3 unspecified atom stereocenters. The Morgan fingerprint density at radius 1 is 1.17 bits per heavy atom. The second-order valence-electron chi connectivity index (χ2n) is 7.03. The van der Waals surface area contributed by atoms with Crippen molar-refractivity contribution in [3.05, 3.63) is 64.5 Å².